The van der Waals surface area contributed by atoms with Gasteiger partial charge in [-0.15, -0.1) is 0 Å². The van der Waals surface area contributed by atoms with Gasteiger partial charge in [-0.05, 0) is 129 Å². The molecule has 0 bridgehead atoms. The van der Waals surface area contributed by atoms with E-state index in [1.54, 1.807) is 24.3 Å². The first-order valence-electron chi connectivity index (χ1n) is 19.1. The van der Waals surface area contributed by atoms with Crippen LogP contribution in [-0.4, -0.2) is 51.9 Å². The molecule has 0 atom stereocenters. The maximum absolute atomic E-state index is 12.4. The van der Waals surface area contributed by atoms with Crippen molar-refractivity contribution in [3.63, 3.8) is 0 Å². The first kappa shape index (κ1) is 45.4. The largest absolute Gasteiger partial charge is 0.294 e. The van der Waals surface area contributed by atoms with E-state index >= 15 is 0 Å². The van der Waals surface area contributed by atoms with E-state index in [4.69, 9.17) is 0 Å². The summed E-state index contributed by atoms with van der Waals surface area (Å²) in [4.78, 5) is -1.43. The van der Waals surface area contributed by atoms with E-state index in [2.05, 4.69) is 0 Å². The second-order valence-electron chi connectivity index (χ2n) is 14.7. The van der Waals surface area contributed by atoms with Crippen LogP contribution in [0.4, 0.5) is 0 Å². The highest BCUT2D eigenvalue weighted by molar-refractivity contribution is 7.86. The summed E-state index contributed by atoms with van der Waals surface area (Å²) < 4.78 is 140. The van der Waals surface area contributed by atoms with Gasteiger partial charge in [-0.25, -0.2) is 0 Å². The van der Waals surface area contributed by atoms with Crippen molar-refractivity contribution in [2.45, 2.75) is 31.9 Å². The SMILES string of the molecule is O=S(=O)(O)c1cccc(P(Cc2ccc3ccccc3c2-c2c(CP(c3cccc(S(=O)(=O)O)c3)c3cccc(S(=O)(=O)O)c3)ccc3ccccc23)c2cccc(S(=O)(=O)O)c2)c1. The van der Waals surface area contributed by atoms with E-state index in [0.29, 0.717) is 21.2 Å². The molecule has 0 radical (unpaired) electrons. The summed E-state index contributed by atoms with van der Waals surface area (Å²) in [5.74, 6) is 0. The zero-order chi connectivity index (χ0) is 45.6. The van der Waals surface area contributed by atoms with Crippen LogP contribution < -0.4 is 21.2 Å². The Bertz CT molecular complexity index is 3210. The van der Waals surface area contributed by atoms with Crippen molar-refractivity contribution in [1.82, 2.24) is 0 Å². The molecule has 0 fully saturated rings. The molecule has 0 aliphatic carbocycles. The van der Waals surface area contributed by atoms with Gasteiger partial charge in [0.15, 0.2) is 0 Å². The molecule has 64 heavy (non-hydrogen) atoms. The van der Waals surface area contributed by atoms with Crippen molar-refractivity contribution < 1.29 is 51.9 Å². The Morgan fingerprint density at radius 3 is 0.891 bits per heavy atom. The molecule has 8 aromatic carbocycles. The lowest BCUT2D eigenvalue weighted by Crippen LogP contribution is -2.17. The molecular formula is C46H36O12P2S4. The Kier molecular flexibility index (Phi) is 12.5. The monoisotopic (exact) mass is 970 g/mol. The lowest BCUT2D eigenvalue weighted by molar-refractivity contribution is 0.481. The maximum atomic E-state index is 12.4. The van der Waals surface area contributed by atoms with E-state index in [0.717, 1.165) is 43.8 Å². The molecule has 0 aromatic heterocycles. The molecule has 0 amide bonds. The fourth-order valence-electron chi connectivity index (χ4n) is 7.74. The molecule has 8 rings (SSSR count). The summed E-state index contributed by atoms with van der Waals surface area (Å²) in [6.45, 7) is 0. The average molecular weight is 971 g/mol. The van der Waals surface area contributed by atoms with E-state index in [9.17, 15) is 51.9 Å². The van der Waals surface area contributed by atoms with Gasteiger partial charge in [-0.3, -0.25) is 18.2 Å². The quantitative estimate of drug-likeness (QED) is 0.0640. The normalized spacial score (nSPS) is 12.7. The number of hydrogen-bond acceptors (Lipinski definition) is 8. The van der Waals surface area contributed by atoms with Crippen molar-refractivity contribution >= 4 is 99.1 Å². The maximum Gasteiger partial charge on any atom is 0.294 e. The molecule has 0 aliphatic rings. The van der Waals surface area contributed by atoms with Gasteiger partial charge in [0.1, 0.15) is 0 Å². The van der Waals surface area contributed by atoms with Gasteiger partial charge in [-0.2, -0.15) is 33.7 Å². The Morgan fingerprint density at radius 2 is 0.609 bits per heavy atom. The van der Waals surface area contributed by atoms with E-state index in [-0.39, 0.29) is 31.9 Å². The zero-order valence-electron chi connectivity index (χ0n) is 33.2. The third-order valence-corrected chi connectivity index (χ3v) is 19.0. The fourth-order valence-corrected chi connectivity index (χ4v) is 15.0. The van der Waals surface area contributed by atoms with Gasteiger partial charge < -0.3 is 0 Å². The van der Waals surface area contributed by atoms with Crippen LogP contribution >= 0.6 is 15.8 Å². The van der Waals surface area contributed by atoms with Gasteiger partial charge in [0.2, 0.25) is 0 Å². The van der Waals surface area contributed by atoms with Crippen molar-refractivity contribution in [3.05, 3.63) is 181 Å². The number of fused-ring (bicyclic) bond motifs is 2. The lowest BCUT2D eigenvalue weighted by Gasteiger charge is -2.26. The number of benzene rings is 8. The van der Waals surface area contributed by atoms with Crippen LogP contribution in [0.15, 0.2) is 189 Å². The van der Waals surface area contributed by atoms with Gasteiger partial charge in [0.25, 0.3) is 40.5 Å². The molecule has 0 aliphatic heterocycles. The molecule has 4 N–H and O–H groups in total. The predicted octanol–water partition coefficient (Wildman–Crippen LogP) is 7.91. The van der Waals surface area contributed by atoms with E-state index in [1.807, 2.05) is 72.8 Å². The standard InChI is InChI=1S/C46H36O12P2S4/c47-61(48,49)39-15-5-11-35(25-39)59(36-12-6-16-40(26-36)62(50,51)52)29-33-23-21-31-9-1-3-19-43(31)45(33)46-34(24-22-32-10-2-4-20-44(32)46)30-60(37-13-7-17-41(27-37)63(53,54)55)38-14-8-18-42(28-38)64(56,57)58/h1-28H,29-30H2,(H,47,48,49)(H,50,51,52)(H,53,54,55)(H,56,57,58). The van der Waals surface area contributed by atoms with Crippen molar-refractivity contribution in [2.24, 2.45) is 0 Å². The van der Waals surface area contributed by atoms with E-state index < -0.39 is 56.3 Å². The molecule has 0 heterocycles. The molecule has 8 aromatic rings. The first-order chi connectivity index (χ1) is 30.3. The zero-order valence-corrected chi connectivity index (χ0v) is 38.2. The summed E-state index contributed by atoms with van der Waals surface area (Å²) in [6, 6.07) is 46.3. The molecule has 326 valence electrons. The number of hydrogen-bond donors (Lipinski definition) is 4. The topological polar surface area (TPSA) is 217 Å². The van der Waals surface area contributed by atoms with Crippen molar-refractivity contribution in [2.75, 3.05) is 0 Å². The van der Waals surface area contributed by atoms with Crippen LogP contribution in [0.1, 0.15) is 11.1 Å². The summed E-state index contributed by atoms with van der Waals surface area (Å²) in [5.41, 5.74) is 3.09. The number of rotatable bonds is 13. The molecule has 0 saturated carbocycles. The van der Waals surface area contributed by atoms with Gasteiger partial charge in [0.05, 0.1) is 19.6 Å². The molecule has 0 spiro atoms. The van der Waals surface area contributed by atoms with Crippen molar-refractivity contribution in [3.8, 4) is 11.1 Å². The molecule has 12 nitrogen and oxygen atoms in total. The van der Waals surface area contributed by atoms with Crippen LogP contribution in [0, 0.1) is 0 Å². The highest BCUT2D eigenvalue weighted by Gasteiger charge is 2.27. The lowest BCUT2D eigenvalue weighted by atomic mass is 9.88. The van der Waals surface area contributed by atoms with Crippen molar-refractivity contribution in [1.29, 1.82) is 0 Å². The Balaban J connectivity index is 1.41. The highest BCUT2D eigenvalue weighted by atomic mass is 32.2. The highest BCUT2D eigenvalue weighted by Crippen LogP contribution is 2.48. The summed E-state index contributed by atoms with van der Waals surface area (Å²) in [5, 5.41) is 5.33. The predicted molar refractivity (Wildman–Crippen MR) is 252 cm³/mol. The second kappa shape index (κ2) is 17.6. The third kappa shape index (κ3) is 9.73. The van der Waals surface area contributed by atoms with Gasteiger partial charge >= 0.3 is 0 Å². The molecule has 0 saturated heterocycles. The van der Waals surface area contributed by atoms with Gasteiger partial charge in [-0.1, -0.05) is 121 Å². The Morgan fingerprint density at radius 1 is 0.328 bits per heavy atom. The summed E-state index contributed by atoms with van der Waals surface area (Å²) in [6.07, 6.45) is 0.396. The summed E-state index contributed by atoms with van der Waals surface area (Å²) >= 11 is 0. The second-order valence-corrected chi connectivity index (χ2v) is 24.8. The Hall–Kier alpha value is -5.22. The van der Waals surface area contributed by atoms with Crippen LogP contribution in [-0.2, 0) is 52.8 Å². The van der Waals surface area contributed by atoms with Crippen LogP contribution in [0.5, 0.6) is 0 Å². The minimum atomic E-state index is -4.65. The van der Waals surface area contributed by atoms with Gasteiger partial charge in [0, 0.05) is 12.3 Å². The molecule has 0 unspecified atom stereocenters. The minimum absolute atomic E-state index is 0.198. The fraction of sp³-hybridized carbons (Fsp3) is 0.0435. The molecular weight excluding hydrogens is 935 g/mol. The van der Waals surface area contributed by atoms with Crippen LogP contribution in [0.3, 0.4) is 0 Å². The van der Waals surface area contributed by atoms with Crippen LogP contribution in [0.2, 0.25) is 0 Å². The van der Waals surface area contributed by atoms with Crippen LogP contribution in [0.25, 0.3) is 32.7 Å². The van der Waals surface area contributed by atoms with E-state index in [1.165, 1.54) is 72.8 Å². The summed E-state index contributed by atoms with van der Waals surface area (Å²) in [7, 11) is -22.0. The smallest absolute Gasteiger partial charge is 0.282 e. The average Bonchev–Trinajstić information content (AvgIpc) is 3.26. The molecule has 18 heteroatoms. The third-order valence-electron chi connectivity index (χ3n) is 10.6. The Labute approximate surface area is 372 Å². The minimum Gasteiger partial charge on any atom is -0.282 e. The first-order valence-corrected chi connectivity index (χ1v) is 27.9.